The largest absolute Gasteiger partial charge is 0.464 e. The van der Waals surface area contributed by atoms with E-state index < -0.39 is 6.09 Å². The van der Waals surface area contributed by atoms with E-state index in [0.717, 1.165) is 12.8 Å². The van der Waals surface area contributed by atoms with Crippen molar-refractivity contribution in [3.8, 4) is 0 Å². The first-order valence-electron chi connectivity index (χ1n) is 3.61. The molecule has 5 heteroatoms. The van der Waals surface area contributed by atoms with Crippen LogP contribution in [0.1, 0.15) is 12.8 Å². The van der Waals surface area contributed by atoms with E-state index in [2.05, 4.69) is 10.9 Å². The van der Waals surface area contributed by atoms with Crippen LogP contribution < -0.4 is 10.9 Å². The molecular weight excluding hydrogens is 148 g/mol. The molecule has 1 aliphatic rings. The number of hydrogen-bond donors (Lipinski definition) is 3. The number of carboxylic acid groups (broad SMARTS) is 1. The summed E-state index contributed by atoms with van der Waals surface area (Å²) in [6.45, 7) is 1.41. The Labute approximate surface area is 64.7 Å². The number of nitrogens with one attached hydrogen (secondary N) is 2. The maximum atomic E-state index is 10.0. The molecule has 0 spiro atoms. The molecule has 0 aliphatic carbocycles. The van der Waals surface area contributed by atoms with Crippen LogP contribution in [0.5, 0.6) is 0 Å². The van der Waals surface area contributed by atoms with E-state index >= 15 is 0 Å². The highest BCUT2D eigenvalue weighted by molar-refractivity contribution is 5.63. The maximum absolute atomic E-state index is 10.0. The Bertz CT molecular complexity index is 134. The van der Waals surface area contributed by atoms with Crippen molar-refractivity contribution in [3.63, 3.8) is 0 Å². The van der Waals surface area contributed by atoms with Gasteiger partial charge in [0.05, 0.1) is 0 Å². The lowest BCUT2D eigenvalue weighted by Gasteiger charge is -2.22. The third kappa shape index (κ3) is 3.20. The number of ether oxygens (including phenoxy) is 1. The molecule has 0 atom stereocenters. The van der Waals surface area contributed by atoms with E-state index in [1.165, 1.54) is 0 Å². The summed E-state index contributed by atoms with van der Waals surface area (Å²) in [5.41, 5.74) is 4.82. The molecule has 0 aromatic carbocycles. The summed E-state index contributed by atoms with van der Waals surface area (Å²) in [5.74, 6) is 0. The zero-order valence-corrected chi connectivity index (χ0v) is 6.17. The average molecular weight is 160 g/mol. The molecule has 3 N–H and O–H groups in total. The van der Waals surface area contributed by atoms with Crippen LogP contribution in [-0.2, 0) is 4.74 Å². The molecule has 5 nitrogen and oxygen atoms in total. The first kappa shape index (κ1) is 8.29. The Kier molecular flexibility index (Phi) is 3.13. The Hall–Kier alpha value is -0.810. The predicted octanol–water partition coefficient (Wildman–Crippen LogP) is -0.0624. The van der Waals surface area contributed by atoms with Gasteiger partial charge in [0.25, 0.3) is 0 Å². The van der Waals surface area contributed by atoms with Crippen LogP contribution in [0.15, 0.2) is 0 Å². The minimum absolute atomic E-state index is 0.222. The third-order valence-corrected chi connectivity index (χ3v) is 1.60. The molecule has 0 aromatic heterocycles. The summed E-state index contributed by atoms with van der Waals surface area (Å²) in [4.78, 5) is 10.0. The van der Waals surface area contributed by atoms with E-state index in [-0.39, 0.29) is 6.04 Å². The van der Waals surface area contributed by atoms with Crippen molar-refractivity contribution in [1.29, 1.82) is 0 Å². The molecule has 1 saturated heterocycles. The van der Waals surface area contributed by atoms with Crippen molar-refractivity contribution in [3.05, 3.63) is 0 Å². The minimum atomic E-state index is -1.04. The lowest BCUT2D eigenvalue weighted by atomic mass is 10.1. The smallest absolute Gasteiger partial charge is 0.419 e. The van der Waals surface area contributed by atoms with Crippen LogP contribution >= 0.6 is 0 Å². The zero-order valence-electron chi connectivity index (χ0n) is 6.17. The molecule has 1 fully saturated rings. The second kappa shape index (κ2) is 4.15. The Morgan fingerprint density at radius 1 is 1.45 bits per heavy atom. The topological polar surface area (TPSA) is 70.6 Å². The SMILES string of the molecule is O=C(O)NNC1CCOCC1. The third-order valence-electron chi connectivity index (χ3n) is 1.60. The lowest BCUT2D eigenvalue weighted by molar-refractivity contribution is 0.0737. The summed E-state index contributed by atoms with van der Waals surface area (Å²) in [7, 11) is 0. The van der Waals surface area contributed by atoms with E-state index in [4.69, 9.17) is 9.84 Å². The second-order valence-corrected chi connectivity index (χ2v) is 2.46. The number of hydrazine groups is 1. The zero-order chi connectivity index (χ0) is 8.10. The van der Waals surface area contributed by atoms with Crippen molar-refractivity contribution in [2.24, 2.45) is 0 Å². The van der Waals surface area contributed by atoms with Gasteiger partial charge in [0, 0.05) is 19.3 Å². The van der Waals surface area contributed by atoms with E-state index in [1.54, 1.807) is 0 Å². The van der Waals surface area contributed by atoms with E-state index in [9.17, 15) is 4.79 Å². The minimum Gasteiger partial charge on any atom is -0.464 e. The molecule has 1 aliphatic heterocycles. The predicted molar refractivity (Wildman–Crippen MR) is 38.1 cm³/mol. The standard InChI is InChI=1S/C6H12N2O3/c9-6(10)8-7-5-1-3-11-4-2-5/h5,7-8H,1-4H2,(H,9,10). The molecule has 0 aromatic rings. The number of amides is 1. The fourth-order valence-electron chi connectivity index (χ4n) is 1.01. The van der Waals surface area contributed by atoms with Crippen LogP contribution in [0.25, 0.3) is 0 Å². The van der Waals surface area contributed by atoms with Gasteiger partial charge in [-0.1, -0.05) is 0 Å². The lowest BCUT2D eigenvalue weighted by Crippen LogP contribution is -2.45. The highest BCUT2D eigenvalue weighted by Gasteiger charge is 2.12. The van der Waals surface area contributed by atoms with Gasteiger partial charge in [0.1, 0.15) is 0 Å². The van der Waals surface area contributed by atoms with Gasteiger partial charge in [0.15, 0.2) is 0 Å². The molecule has 64 valence electrons. The normalized spacial score (nSPS) is 19.6. The van der Waals surface area contributed by atoms with Crippen LogP contribution in [0, 0.1) is 0 Å². The molecular formula is C6H12N2O3. The molecule has 11 heavy (non-hydrogen) atoms. The van der Waals surface area contributed by atoms with Crippen molar-refractivity contribution in [1.82, 2.24) is 10.9 Å². The number of carbonyl (C=O) groups is 1. The average Bonchev–Trinajstić information content (AvgIpc) is 2.03. The summed E-state index contributed by atoms with van der Waals surface area (Å²) < 4.78 is 5.09. The molecule has 0 bridgehead atoms. The van der Waals surface area contributed by atoms with Crippen LogP contribution in [-0.4, -0.2) is 30.5 Å². The monoisotopic (exact) mass is 160 g/mol. The molecule has 1 heterocycles. The molecule has 0 radical (unpaired) electrons. The van der Waals surface area contributed by atoms with E-state index in [1.807, 2.05) is 0 Å². The van der Waals surface area contributed by atoms with Gasteiger partial charge in [0.2, 0.25) is 0 Å². The van der Waals surface area contributed by atoms with E-state index in [0.29, 0.717) is 13.2 Å². The first-order valence-corrected chi connectivity index (χ1v) is 3.61. The Morgan fingerprint density at radius 3 is 2.64 bits per heavy atom. The highest BCUT2D eigenvalue weighted by Crippen LogP contribution is 2.04. The number of hydrogen-bond acceptors (Lipinski definition) is 3. The van der Waals surface area contributed by atoms with Crippen molar-refractivity contribution in [2.45, 2.75) is 18.9 Å². The summed E-state index contributed by atoms with van der Waals surface area (Å²) in [5, 5.41) is 8.24. The van der Waals surface area contributed by atoms with Crippen LogP contribution in [0.3, 0.4) is 0 Å². The van der Waals surface area contributed by atoms with Gasteiger partial charge in [-0.25, -0.2) is 10.2 Å². The van der Waals surface area contributed by atoms with Gasteiger partial charge in [-0.15, -0.1) is 0 Å². The second-order valence-electron chi connectivity index (χ2n) is 2.46. The first-order chi connectivity index (χ1) is 5.29. The number of rotatable bonds is 2. The Morgan fingerprint density at radius 2 is 2.09 bits per heavy atom. The highest BCUT2D eigenvalue weighted by atomic mass is 16.5. The summed E-state index contributed by atoms with van der Waals surface area (Å²) in [6.07, 6.45) is 0.678. The van der Waals surface area contributed by atoms with Crippen molar-refractivity contribution >= 4 is 6.09 Å². The van der Waals surface area contributed by atoms with Gasteiger partial charge >= 0.3 is 6.09 Å². The van der Waals surface area contributed by atoms with Crippen molar-refractivity contribution in [2.75, 3.05) is 13.2 Å². The van der Waals surface area contributed by atoms with Gasteiger partial charge in [-0.3, -0.25) is 5.43 Å². The summed E-state index contributed by atoms with van der Waals surface area (Å²) in [6, 6.07) is 0.222. The molecule has 0 unspecified atom stereocenters. The van der Waals surface area contributed by atoms with Gasteiger partial charge in [-0.2, -0.15) is 0 Å². The molecule has 1 rings (SSSR count). The molecule has 1 amide bonds. The fraction of sp³-hybridized carbons (Fsp3) is 0.833. The van der Waals surface area contributed by atoms with Crippen LogP contribution in [0.2, 0.25) is 0 Å². The Balaban J connectivity index is 2.09. The van der Waals surface area contributed by atoms with Crippen molar-refractivity contribution < 1.29 is 14.6 Å². The summed E-state index contributed by atoms with van der Waals surface area (Å²) >= 11 is 0. The fourth-order valence-corrected chi connectivity index (χ4v) is 1.01. The van der Waals surface area contributed by atoms with Gasteiger partial charge < -0.3 is 9.84 Å². The molecule has 0 saturated carbocycles. The van der Waals surface area contributed by atoms with Gasteiger partial charge in [-0.05, 0) is 12.8 Å². The quantitative estimate of drug-likeness (QED) is 0.495. The maximum Gasteiger partial charge on any atom is 0.419 e. The van der Waals surface area contributed by atoms with Crippen LogP contribution in [0.4, 0.5) is 4.79 Å².